The third-order valence-electron chi connectivity index (χ3n) is 1.61. The highest BCUT2D eigenvalue weighted by molar-refractivity contribution is 7.90. The molecular formula is C8H17NO5S. The quantitative estimate of drug-likeness (QED) is 0.606. The van der Waals surface area contributed by atoms with Gasteiger partial charge in [-0.15, -0.1) is 0 Å². The SMILES string of the molecule is CCOC(=O)CS(=O)(=O)NCC(C)OC. The Morgan fingerprint density at radius 1 is 1.47 bits per heavy atom. The zero-order valence-corrected chi connectivity index (χ0v) is 9.96. The van der Waals surface area contributed by atoms with Crippen LogP contribution in [-0.4, -0.2) is 46.5 Å². The fourth-order valence-corrected chi connectivity index (χ4v) is 1.72. The molecule has 0 aromatic carbocycles. The number of methoxy groups -OCH3 is 1. The molecule has 6 nitrogen and oxygen atoms in total. The first-order chi connectivity index (χ1) is 6.91. The van der Waals surface area contributed by atoms with E-state index in [1.54, 1.807) is 13.8 Å². The van der Waals surface area contributed by atoms with Gasteiger partial charge in [-0.3, -0.25) is 4.79 Å². The standard InChI is InChI=1S/C8H17NO5S/c1-4-14-8(10)6-15(11,12)9-5-7(2)13-3/h7,9H,4-6H2,1-3H3. The molecular weight excluding hydrogens is 222 g/mol. The summed E-state index contributed by atoms with van der Waals surface area (Å²) in [6.45, 7) is 3.64. The van der Waals surface area contributed by atoms with E-state index in [0.717, 1.165) is 0 Å². The molecule has 0 bridgehead atoms. The minimum Gasteiger partial charge on any atom is -0.465 e. The van der Waals surface area contributed by atoms with E-state index in [-0.39, 0.29) is 19.3 Å². The van der Waals surface area contributed by atoms with E-state index in [4.69, 9.17) is 4.74 Å². The van der Waals surface area contributed by atoms with Crippen molar-refractivity contribution in [2.24, 2.45) is 0 Å². The van der Waals surface area contributed by atoms with Gasteiger partial charge in [-0.1, -0.05) is 0 Å². The Balaban J connectivity index is 4.03. The summed E-state index contributed by atoms with van der Waals surface area (Å²) < 4.78 is 34.2. The minimum atomic E-state index is -3.61. The Bertz CT molecular complexity index is 287. The molecule has 1 N–H and O–H groups in total. The molecule has 0 fully saturated rings. The average Bonchev–Trinajstić information content (AvgIpc) is 2.13. The molecule has 0 amide bonds. The Morgan fingerprint density at radius 3 is 2.53 bits per heavy atom. The summed E-state index contributed by atoms with van der Waals surface area (Å²) in [6, 6.07) is 0. The van der Waals surface area contributed by atoms with Crippen molar-refractivity contribution < 1.29 is 22.7 Å². The van der Waals surface area contributed by atoms with E-state index >= 15 is 0 Å². The molecule has 0 aliphatic heterocycles. The van der Waals surface area contributed by atoms with Gasteiger partial charge in [-0.2, -0.15) is 0 Å². The van der Waals surface area contributed by atoms with Crippen LogP contribution in [0.25, 0.3) is 0 Å². The Morgan fingerprint density at radius 2 is 2.07 bits per heavy atom. The van der Waals surface area contributed by atoms with E-state index in [1.165, 1.54) is 7.11 Å². The van der Waals surface area contributed by atoms with Crippen LogP contribution in [0.5, 0.6) is 0 Å². The molecule has 0 saturated carbocycles. The molecule has 0 aliphatic rings. The number of hydrogen-bond acceptors (Lipinski definition) is 5. The molecule has 0 aromatic rings. The van der Waals surface area contributed by atoms with Crippen molar-refractivity contribution >= 4 is 16.0 Å². The van der Waals surface area contributed by atoms with Gasteiger partial charge < -0.3 is 9.47 Å². The van der Waals surface area contributed by atoms with E-state index in [9.17, 15) is 13.2 Å². The molecule has 0 spiro atoms. The van der Waals surface area contributed by atoms with Gasteiger partial charge in [-0.25, -0.2) is 13.1 Å². The van der Waals surface area contributed by atoms with Gasteiger partial charge >= 0.3 is 5.97 Å². The van der Waals surface area contributed by atoms with Crippen LogP contribution in [0.15, 0.2) is 0 Å². The van der Waals surface area contributed by atoms with Crippen LogP contribution in [0.2, 0.25) is 0 Å². The fourth-order valence-electron chi connectivity index (χ4n) is 0.736. The number of carbonyl (C=O) groups is 1. The van der Waals surface area contributed by atoms with Crippen molar-refractivity contribution in [1.29, 1.82) is 0 Å². The second-order valence-corrected chi connectivity index (χ2v) is 4.77. The lowest BCUT2D eigenvalue weighted by Gasteiger charge is -2.10. The molecule has 1 unspecified atom stereocenters. The maximum Gasteiger partial charge on any atom is 0.322 e. The highest BCUT2D eigenvalue weighted by Crippen LogP contribution is 1.91. The molecule has 0 saturated heterocycles. The summed E-state index contributed by atoms with van der Waals surface area (Å²) in [6.07, 6.45) is -0.234. The van der Waals surface area contributed by atoms with Crippen LogP contribution >= 0.6 is 0 Å². The molecule has 90 valence electrons. The Labute approximate surface area is 90.0 Å². The third kappa shape index (κ3) is 7.29. The summed E-state index contributed by atoms with van der Waals surface area (Å²) in [5, 5.41) is 0. The zero-order chi connectivity index (χ0) is 11.9. The number of esters is 1. The first kappa shape index (κ1) is 14.3. The van der Waals surface area contributed by atoms with Crippen molar-refractivity contribution in [3.63, 3.8) is 0 Å². The monoisotopic (exact) mass is 239 g/mol. The molecule has 0 aromatic heterocycles. The largest absolute Gasteiger partial charge is 0.465 e. The first-order valence-electron chi connectivity index (χ1n) is 4.57. The van der Waals surface area contributed by atoms with Gasteiger partial charge in [0.2, 0.25) is 10.0 Å². The van der Waals surface area contributed by atoms with Crippen LogP contribution in [0.3, 0.4) is 0 Å². The van der Waals surface area contributed by atoms with Gasteiger partial charge in [0.05, 0.1) is 12.7 Å². The molecule has 0 radical (unpaired) electrons. The summed E-state index contributed by atoms with van der Waals surface area (Å²) in [7, 11) is -2.14. The Hall–Kier alpha value is -0.660. The van der Waals surface area contributed by atoms with Crippen LogP contribution in [0.1, 0.15) is 13.8 Å². The van der Waals surface area contributed by atoms with Crippen molar-refractivity contribution in [1.82, 2.24) is 4.72 Å². The number of nitrogens with one attached hydrogen (secondary N) is 1. The predicted molar refractivity (Wildman–Crippen MR) is 54.9 cm³/mol. The molecule has 0 aliphatic carbocycles. The van der Waals surface area contributed by atoms with Crippen molar-refractivity contribution in [2.45, 2.75) is 20.0 Å². The van der Waals surface area contributed by atoms with Gasteiger partial charge in [-0.05, 0) is 13.8 Å². The van der Waals surface area contributed by atoms with Crippen LogP contribution in [0.4, 0.5) is 0 Å². The van der Waals surface area contributed by atoms with Crippen molar-refractivity contribution in [2.75, 3.05) is 26.0 Å². The summed E-state index contributed by atoms with van der Waals surface area (Å²) in [5.41, 5.74) is 0. The van der Waals surface area contributed by atoms with E-state index in [0.29, 0.717) is 0 Å². The second kappa shape index (κ2) is 6.76. The van der Waals surface area contributed by atoms with Crippen molar-refractivity contribution in [3.8, 4) is 0 Å². The van der Waals surface area contributed by atoms with Crippen LogP contribution in [0, 0.1) is 0 Å². The lowest BCUT2D eigenvalue weighted by Crippen LogP contribution is -2.35. The highest BCUT2D eigenvalue weighted by atomic mass is 32.2. The van der Waals surface area contributed by atoms with Crippen LogP contribution in [-0.2, 0) is 24.3 Å². The predicted octanol–water partition coefficient (Wildman–Crippen LogP) is -0.496. The summed E-state index contributed by atoms with van der Waals surface area (Å²) >= 11 is 0. The normalized spacial score (nSPS) is 13.5. The third-order valence-corrected chi connectivity index (χ3v) is 2.83. The number of sulfonamides is 1. The highest BCUT2D eigenvalue weighted by Gasteiger charge is 2.17. The molecule has 15 heavy (non-hydrogen) atoms. The van der Waals surface area contributed by atoms with Gasteiger partial charge in [0.15, 0.2) is 5.75 Å². The van der Waals surface area contributed by atoms with Gasteiger partial charge in [0, 0.05) is 13.7 Å². The smallest absolute Gasteiger partial charge is 0.322 e. The topological polar surface area (TPSA) is 81.7 Å². The van der Waals surface area contributed by atoms with E-state index in [1.807, 2.05) is 0 Å². The fraction of sp³-hybridized carbons (Fsp3) is 0.875. The Kier molecular flexibility index (Phi) is 6.46. The maximum atomic E-state index is 11.3. The second-order valence-electron chi connectivity index (χ2n) is 2.96. The molecule has 7 heteroatoms. The van der Waals surface area contributed by atoms with Gasteiger partial charge in [0.25, 0.3) is 0 Å². The minimum absolute atomic E-state index is 0.137. The molecule has 0 rings (SSSR count). The number of rotatable bonds is 7. The van der Waals surface area contributed by atoms with Gasteiger partial charge in [0.1, 0.15) is 0 Å². The number of ether oxygens (including phenoxy) is 2. The zero-order valence-electron chi connectivity index (χ0n) is 9.15. The summed E-state index contributed by atoms with van der Waals surface area (Å²) in [5.74, 6) is -1.41. The average molecular weight is 239 g/mol. The maximum absolute atomic E-state index is 11.3. The van der Waals surface area contributed by atoms with Crippen molar-refractivity contribution in [3.05, 3.63) is 0 Å². The molecule has 0 heterocycles. The summed E-state index contributed by atoms with van der Waals surface area (Å²) in [4.78, 5) is 10.9. The number of hydrogen-bond donors (Lipinski definition) is 1. The molecule has 1 atom stereocenters. The van der Waals surface area contributed by atoms with E-state index < -0.39 is 21.7 Å². The number of carbonyl (C=O) groups excluding carboxylic acids is 1. The lowest BCUT2D eigenvalue weighted by atomic mass is 10.4. The lowest BCUT2D eigenvalue weighted by molar-refractivity contribution is -0.139. The first-order valence-corrected chi connectivity index (χ1v) is 6.22. The van der Waals surface area contributed by atoms with Crippen LogP contribution < -0.4 is 4.72 Å². The van der Waals surface area contributed by atoms with E-state index in [2.05, 4.69) is 9.46 Å².